The number of allylic oxidation sites excluding steroid dienone is 2. The van der Waals surface area contributed by atoms with E-state index >= 15 is 0 Å². The number of rotatable bonds is 4. The molecule has 0 saturated heterocycles. The van der Waals surface area contributed by atoms with Crippen molar-refractivity contribution < 1.29 is 9.59 Å². The molecule has 1 fully saturated rings. The molecule has 0 radical (unpaired) electrons. The van der Waals surface area contributed by atoms with Crippen molar-refractivity contribution in [2.24, 2.45) is 17.3 Å². The van der Waals surface area contributed by atoms with Gasteiger partial charge in [-0.2, -0.15) is 0 Å². The molecule has 2 N–H and O–H groups in total. The summed E-state index contributed by atoms with van der Waals surface area (Å²) < 4.78 is 0. The number of nitrogens with one attached hydrogen (secondary N) is 2. The topological polar surface area (TPSA) is 58.2 Å². The van der Waals surface area contributed by atoms with Gasteiger partial charge >= 0.3 is 0 Å². The van der Waals surface area contributed by atoms with Crippen LogP contribution in [0.4, 0.5) is 11.4 Å². The highest BCUT2D eigenvalue weighted by Crippen LogP contribution is 2.59. The van der Waals surface area contributed by atoms with Gasteiger partial charge in [0.15, 0.2) is 0 Å². The second kappa shape index (κ2) is 5.95. The van der Waals surface area contributed by atoms with Crippen LogP contribution in [0.25, 0.3) is 0 Å². The monoisotopic (exact) mass is 300 g/mol. The lowest BCUT2D eigenvalue weighted by Gasteiger charge is -2.08. The molecule has 4 heteroatoms. The maximum Gasteiger partial charge on any atom is 0.228 e. The molecule has 0 spiro atoms. The number of hydrogen-bond donors (Lipinski definition) is 2. The zero-order valence-electron chi connectivity index (χ0n) is 13.9. The second-order valence-electron chi connectivity index (χ2n) is 6.82. The van der Waals surface area contributed by atoms with Gasteiger partial charge in [-0.3, -0.25) is 9.59 Å². The smallest absolute Gasteiger partial charge is 0.228 e. The average molecular weight is 300 g/mol. The molecule has 118 valence electrons. The molecule has 0 aliphatic heterocycles. The zero-order chi connectivity index (χ0) is 16.5. The molecule has 1 aromatic carbocycles. The summed E-state index contributed by atoms with van der Waals surface area (Å²) in [5.41, 5.74) is 2.62. The van der Waals surface area contributed by atoms with Crippen LogP contribution < -0.4 is 10.6 Å². The molecule has 22 heavy (non-hydrogen) atoms. The average Bonchev–Trinajstić information content (AvgIpc) is 2.89. The van der Waals surface area contributed by atoms with Gasteiger partial charge in [0.1, 0.15) is 0 Å². The van der Waals surface area contributed by atoms with Crippen LogP contribution in [0.3, 0.4) is 0 Å². The Labute approximate surface area is 132 Å². The van der Waals surface area contributed by atoms with Gasteiger partial charge in [0, 0.05) is 18.3 Å². The van der Waals surface area contributed by atoms with Crippen molar-refractivity contribution in [2.75, 3.05) is 10.6 Å². The second-order valence-corrected chi connectivity index (χ2v) is 6.82. The van der Waals surface area contributed by atoms with Gasteiger partial charge in [0.2, 0.25) is 11.8 Å². The fraction of sp³-hybridized carbons (Fsp3) is 0.444. The van der Waals surface area contributed by atoms with E-state index in [1.807, 2.05) is 12.1 Å². The molecule has 0 heterocycles. The maximum absolute atomic E-state index is 12.5. The molecular weight excluding hydrogens is 276 g/mol. The quantitative estimate of drug-likeness (QED) is 0.830. The summed E-state index contributed by atoms with van der Waals surface area (Å²) in [6.07, 6.45) is 2.18. The minimum absolute atomic E-state index is 0.00337. The fourth-order valence-electron chi connectivity index (χ4n) is 2.95. The van der Waals surface area contributed by atoms with E-state index in [9.17, 15) is 9.59 Å². The molecule has 2 amide bonds. The SMILES string of the molecule is CC(=O)Nc1cccc(NC(=O)C2C(C=C(C)C)C2(C)C)c1. The first-order valence-electron chi connectivity index (χ1n) is 7.55. The van der Waals surface area contributed by atoms with Crippen LogP contribution in [-0.4, -0.2) is 11.8 Å². The van der Waals surface area contributed by atoms with Crippen LogP contribution in [0, 0.1) is 17.3 Å². The fourth-order valence-corrected chi connectivity index (χ4v) is 2.95. The molecule has 2 unspecified atom stereocenters. The normalized spacial score (nSPS) is 21.7. The number of hydrogen-bond acceptors (Lipinski definition) is 2. The van der Waals surface area contributed by atoms with Crippen LogP contribution in [-0.2, 0) is 9.59 Å². The Bertz CT molecular complexity index is 628. The van der Waals surface area contributed by atoms with Crippen LogP contribution in [0.2, 0.25) is 0 Å². The van der Waals surface area contributed by atoms with E-state index in [-0.39, 0.29) is 29.1 Å². The number of amides is 2. The van der Waals surface area contributed by atoms with E-state index < -0.39 is 0 Å². The van der Waals surface area contributed by atoms with Crippen LogP contribution in [0.1, 0.15) is 34.6 Å². The van der Waals surface area contributed by atoms with E-state index in [0.29, 0.717) is 11.4 Å². The lowest BCUT2D eigenvalue weighted by molar-refractivity contribution is -0.118. The summed E-state index contributed by atoms with van der Waals surface area (Å²) in [5, 5.41) is 5.67. The first kappa shape index (κ1) is 16.3. The first-order chi connectivity index (χ1) is 10.2. The molecule has 1 aliphatic carbocycles. The largest absolute Gasteiger partial charge is 0.326 e. The van der Waals surface area contributed by atoms with Crippen molar-refractivity contribution in [2.45, 2.75) is 34.6 Å². The number of carbonyl (C=O) groups is 2. The van der Waals surface area contributed by atoms with Gasteiger partial charge in [-0.15, -0.1) is 0 Å². The molecule has 0 bridgehead atoms. The van der Waals surface area contributed by atoms with Gasteiger partial charge in [-0.1, -0.05) is 31.6 Å². The zero-order valence-corrected chi connectivity index (χ0v) is 13.9. The van der Waals surface area contributed by atoms with Crippen molar-refractivity contribution in [3.63, 3.8) is 0 Å². The highest BCUT2D eigenvalue weighted by Gasteiger charge is 2.60. The summed E-state index contributed by atoms with van der Waals surface area (Å²) in [5.74, 6) is 0.186. The number of benzene rings is 1. The van der Waals surface area contributed by atoms with Gasteiger partial charge < -0.3 is 10.6 Å². The molecular formula is C18H24N2O2. The van der Waals surface area contributed by atoms with E-state index in [4.69, 9.17) is 0 Å². The number of carbonyl (C=O) groups excluding carboxylic acids is 2. The van der Waals surface area contributed by atoms with E-state index in [0.717, 1.165) is 0 Å². The van der Waals surface area contributed by atoms with Gasteiger partial charge in [0.25, 0.3) is 0 Å². The minimum Gasteiger partial charge on any atom is -0.326 e. The first-order valence-corrected chi connectivity index (χ1v) is 7.55. The number of anilines is 2. The molecule has 2 rings (SSSR count). The maximum atomic E-state index is 12.5. The van der Waals surface area contributed by atoms with Crippen LogP contribution in [0.5, 0.6) is 0 Å². The minimum atomic E-state index is -0.129. The molecule has 0 aromatic heterocycles. The molecule has 2 atom stereocenters. The van der Waals surface area contributed by atoms with Gasteiger partial charge in [-0.25, -0.2) is 0 Å². The predicted octanol–water partition coefficient (Wildman–Crippen LogP) is 3.82. The third-order valence-electron chi connectivity index (χ3n) is 4.16. The van der Waals surface area contributed by atoms with Crippen molar-refractivity contribution in [1.29, 1.82) is 0 Å². The summed E-state index contributed by atoms with van der Waals surface area (Å²) in [6.45, 7) is 9.81. The van der Waals surface area contributed by atoms with Gasteiger partial charge in [0.05, 0.1) is 5.92 Å². The molecule has 1 aliphatic rings. The van der Waals surface area contributed by atoms with Crippen molar-refractivity contribution >= 4 is 23.2 Å². The highest BCUT2D eigenvalue weighted by molar-refractivity contribution is 5.97. The van der Waals surface area contributed by atoms with Gasteiger partial charge in [-0.05, 0) is 43.4 Å². The van der Waals surface area contributed by atoms with Crippen molar-refractivity contribution in [3.8, 4) is 0 Å². The van der Waals surface area contributed by atoms with Crippen LogP contribution >= 0.6 is 0 Å². The van der Waals surface area contributed by atoms with Crippen molar-refractivity contribution in [1.82, 2.24) is 0 Å². The Hall–Kier alpha value is -2.10. The Morgan fingerprint density at radius 2 is 1.68 bits per heavy atom. The Morgan fingerprint density at radius 3 is 2.23 bits per heavy atom. The Kier molecular flexibility index (Phi) is 4.40. The standard InChI is InChI=1S/C18H24N2O2/c1-11(2)9-15-16(18(15,4)5)17(22)20-14-8-6-7-13(10-14)19-12(3)21/h6-10,15-16H,1-5H3,(H,19,21)(H,20,22). The molecule has 1 aromatic rings. The summed E-state index contributed by atoms with van der Waals surface area (Å²) in [7, 11) is 0. The van der Waals surface area contributed by atoms with E-state index in [1.54, 1.807) is 12.1 Å². The third-order valence-corrected chi connectivity index (χ3v) is 4.16. The van der Waals surface area contributed by atoms with E-state index in [2.05, 4.69) is 44.4 Å². The lowest BCUT2D eigenvalue weighted by atomic mass is 10.1. The molecule has 1 saturated carbocycles. The summed E-state index contributed by atoms with van der Waals surface area (Å²) >= 11 is 0. The Balaban J connectivity index is 2.07. The summed E-state index contributed by atoms with van der Waals surface area (Å²) in [6, 6.07) is 7.20. The lowest BCUT2D eigenvalue weighted by Crippen LogP contribution is -2.17. The highest BCUT2D eigenvalue weighted by atomic mass is 16.2. The molecule has 4 nitrogen and oxygen atoms in total. The third kappa shape index (κ3) is 3.56. The van der Waals surface area contributed by atoms with E-state index in [1.165, 1.54) is 12.5 Å². The predicted molar refractivity (Wildman–Crippen MR) is 89.6 cm³/mol. The Morgan fingerprint density at radius 1 is 1.09 bits per heavy atom. The van der Waals surface area contributed by atoms with Crippen molar-refractivity contribution in [3.05, 3.63) is 35.9 Å². The van der Waals surface area contributed by atoms with Crippen LogP contribution in [0.15, 0.2) is 35.9 Å². The summed E-state index contributed by atoms with van der Waals surface area (Å²) in [4.78, 5) is 23.6.